The number of carbonyl (C=O) groups excluding carboxylic acids is 1. The fraction of sp³-hybridized carbons (Fsp3) is 0.381. The molecule has 4 rings (SSSR count). The number of fused-ring (bicyclic) bond motifs is 1. The van der Waals surface area contributed by atoms with Crippen molar-refractivity contribution in [1.82, 2.24) is 4.90 Å². The van der Waals surface area contributed by atoms with E-state index in [9.17, 15) is 4.79 Å². The van der Waals surface area contributed by atoms with Crippen molar-refractivity contribution in [3.8, 4) is 5.75 Å². The molecule has 2 heterocycles. The molecule has 4 nitrogen and oxygen atoms in total. The molecule has 0 aromatic heterocycles. The van der Waals surface area contributed by atoms with E-state index < -0.39 is 0 Å². The number of hydrogen-bond donors (Lipinski definition) is 0. The van der Waals surface area contributed by atoms with Gasteiger partial charge in [-0.25, -0.2) is 0 Å². The summed E-state index contributed by atoms with van der Waals surface area (Å²) in [5, 5.41) is 1.32. The number of likely N-dealkylation sites (tertiary alicyclic amines) is 1. The number of amides is 1. The van der Waals surface area contributed by atoms with E-state index in [1.165, 1.54) is 0 Å². The fourth-order valence-corrected chi connectivity index (χ4v) is 4.38. The van der Waals surface area contributed by atoms with Gasteiger partial charge in [-0.2, -0.15) is 0 Å². The third kappa shape index (κ3) is 4.08. The maximum absolute atomic E-state index is 13.2. The number of para-hydroxylation sites is 2. The Morgan fingerprint density at radius 2 is 2.00 bits per heavy atom. The van der Waals surface area contributed by atoms with E-state index in [2.05, 4.69) is 4.90 Å². The molecule has 1 saturated heterocycles. The van der Waals surface area contributed by atoms with Gasteiger partial charge in [-0.1, -0.05) is 41.4 Å². The van der Waals surface area contributed by atoms with Crippen LogP contribution < -0.4 is 9.64 Å². The van der Waals surface area contributed by atoms with Crippen molar-refractivity contribution in [3.05, 3.63) is 58.1 Å². The van der Waals surface area contributed by atoms with Crippen molar-refractivity contribution < 1.29 is 9.53 Å². The maximum Gasteiger partial charge on any atom is 0.231 e. The van der Waals surface area contributed by atoms with Crippen molar-refractivity contribution in [3.63, 3.8) is 0 Å². The number of ether oxygens (including phenoxy) is 1. The van der Waals surface area contributed by atoms with Crippen molar-refractivity contribution >= 4 is 34.8 Å². The van der Waals surface area contributed by atoms with E-state index in [1.54, 1.807) is 6.07 Å². The van der Waals surface area contributed by atoms with Crippen LogP contribution in [0.2, 0.25) is 10.0 Å². The molecule has 0 spiro atoms. The van der Waals surface area contributed by atoms with Crippen molar-refractivity contribution in [1.29, 1.82) is 0 Å². The first-order chi connectivity index (χ1) is 13.1. The summed E-state index contributed by atoms with van der Waals surface area (Å²) in [6.45, 7) is 3.61. The van der Waals surface area contributed by atoms with Crippen LogP contribution in [0.15, 0.2) is 42.5 Å². The van der Waals surface area contributed by atoms with Crippen molar-refractivity contribution in [2.24, 2.45) is 5.92 Å². The predicted octanol–water partition coefficient (Wildman–Crippen LogP) is 4.63. The Morgan fingerprint density at radius 1 is 1.15 bits per heavy atom. The molecule has 1 atom stereocenters. The van der Waals surface area contributed by atoms with Gasteiger partial charge in [0.15, 0.2) is 0 Å². The lowest BCUT2D eigenvalue weighted by molar-refractivity contribution is -0.124. The summed E-state index contributed by atoms with van der Waals surface area (Å²) < 4.78 is 5.68. The highest BCUT2D eigenvalue weighted by atomic mass is 35.5. The molecule has 0 bridgehead atoms. The summed E-state index contributed by atoms with van der Waals surface area (Å²) in [6, 6.07) is 13.4. The highest BCUT2D eigenvalue weighted by Gasteiger charge is 2.32. The third-order valence-corrected chi connectivity index (χ3v) is 5.85. The van der Waals surface area contributed by atoms with Crippen LogP contribution in [0.1, 0.15) is 18.4 Å². The van der Waals surface area contributed by atoms with Gasteiger partial charge in [-0.05, 0) is 49.2 Å². The molecule has 1 fully saturated rings. The SMILES string of the molecule is O=C([C@@H]1CCCN(Cc2ccc(Cl)cc2Cl)C1)N1CCOc2ccccc21. The molecule has 0 radical (unpaired) electrons. The van der Waals surface area contributed by atoms with Gasteiger partial charge in [-0.3, -0.25) is 9.69 Å². The molecule has 142 valence electrons. The quantitative estimate of drug-likeness (QED) is 0.747. The average molecular weight is 405 g/mol. The lowest BCUT2D eigenvalue weighted by Gasteiger charge is -2.37. The Kier molecular flexibility index (Phi) is 5.58. The minimum Gasteiger partial charge on any atom is -0.490 e. The van der Waals surface area contributed by atoms with Crippen molar-refractivity contribution in [2.75, 3.05) is 31.1 Å². The molecule has 2 aliphatic rings. The summed E-state index contributed by atoms with van der Waals surface area (Å²) in [5.74, 6) is 0.978. The van der Waals surface area contributed by atoms with Gasteiger partial charge >= 0.3 is 0 Å². The van der Waals surface area contributed by atoms with E-state index in [4.69, 9.17) is 27.9 Å². The Bertz CT molecular complexity index is 843. The normalized spacial score (nSPS) is 20.1. The molecule has 27 heavy (non-hydrogen) atoms. The van der Waals surface area contributed by atoms with Crippen LogP contribution in [-0.4, -0.2) is 37.0 Å². The molecule has 2 aromatic carbocycles. The molecular weight excluding hydrogens is 383 g/mol. The van der Waals surface area contributed by atoms with E-state index in [0.717, 1.165) is 49.5 Å². The zero-order valence-corrected chi connectivity index (χ0v) is 16.5. The van der Waals surface area contributed by atoms with Crippen LogP contribution >= 0.6 is 23.2 Å². The summed E-state index contributed by atoms with van der Waals surface area (Å²) in [5.41, 5.74) is 1.93. The topological polar surface area (TPSA) is 32.8 Å². The number of hydrogen-bond acceptors (Lipinski definition) is 3. The second-order valence-electron chi connectivity index (χ2n) is 7.12. The number of nitrogens with zero attached hydrogens (tertiary/aromatic N) is 2. The number of rotatable bonds is 3. The van der Waals surface area contributed by atoms with Gasteiger partial charge < -0.3 is 9.64 Å². The highest BCUT2D eigenvalue weighted by molar-refractivity contribution is 6.35. The van der Waals surface area contributed by atoms with Gasteiger partial charge in [0, 0.05) is 23.1 Å². The Hall–Kier alpha value is -1.75. The molecule has 0 N–H and O–H groups in total. The van der Waals surface area contributed by atoms with Gasteiger partial charge in [0.25, 0.3) is 0 Å². The van der Waals surface area contributed by atoms with E-state index >= 15 is 0 Å². The second-order valence-corrected chi connectivity index (χ2v) is 7.96. The van der Waals surface area contributed by atoms with Gasteiger partial charge in [0.05, 0.1) is 18.2 Å². The summed E-state index contributed by atoms with van der Waals surface area (Å²) >= 11 is 12.3. The van der Waals surface area contributed by atoms with E-state index in [0.29, 0.717) is 23.2 Å². The first-order valence-corrected chi connectivity index (χ1v) is 10.1. The fourth-order valence-electron chi connectivity index (χ4n) is 3.91. The largest absolute Gasteiger partial charge is 0.490 e. The zero-order chi connectivity index (χ0) is 18.8. The number of piperidine rings is 1. The third-order valence-electron chi connectivity index (χ3n) is 5.26. The molecule has 0 saturated carbocycles. The average Bonchev–Trinajstić information content (AvgIpc) is 2.69. The molecule has 0 unspecified atom stereocenters. The zero-order valence-electron chi connectivity index (χ0n) is 15.0. The van der Waals surface area contributed by atoms with Crippen LogP contribution in [0.5, 0.6) is 5.75 Å². The Morgan fingerprint density at radius 3 is 2.85 bits per heavy atom. The summed E-state index contributed by atoms with van der Waals surface area (Å²) in [4.78, 5) is 17.4. The first-order valence-electron chi connectivity index (χ1n) is 9.31. The monoisotopic (exact) mass is 404 g/mol. The van der Waals surface area contributed by atoms with Gasteiger partial charge in [-0.15, -0.1) is 0 Å². The highest BCUT2D eigenvalue weighted by Crippen LogP contribution is 2.33. The van der Waals surface area contributed by atoms with E-state index in [1.807, 2.05) is 41.3 Å². The molecule has 2 aromatic rings. The van der Waals surface area contributed by atoms with Crippen LogP contribution in [0, 0.1) is 5.92 Å². The second kappa shape index (κ2) is 8.09. The number of benzene rings is 2. The predicted molar refractivity (Wildman–Crippen MR) is 109 cm³/mol. The van der Waals surface area contributed by atoms with Crippen LogP contribution in [0.4, 0.5) is 5.69 Å². The molecule has 0 aliphatic carbocycles. The smallest absolute Gasteiger partial charge is 0.231 e. The molecule has 6 heteroatoms. The molecule has 1 amide bonds. The summed E-state index contributed by atoms with van der Waals surface area (Å²) in [6.07, 6.45) is 1.93. The number of anilines is 1. The van der Waals surface area contributed by atoms with E-state index in [-0.39, 0.29) is 11.8 Å². The summed E-state index contributed by atoms with van der Waals surface area (Å²) in [7, 11) is 0. The minimum atomic E-state index is -0.00372. The van der Waals surface area contributed by atoms with Gasteiger partial charge in [0.1, 0.15) is 12.4 Å². The number of halogens is 2. The number of carbonyl (C=O) groups is 1. The molecular formula is C21H22Cl2N2O2. The van der Waals surface area contributed by atoms with Crippen LogP contribution in [0.3, 0.4) is 0 Å². The first kappa shape index (κ1) is 18.6. The van der Waals surface area contributed by atoms with Crippen LogP contribution in [-0.2, 0) is 11.3 Å². The maximum atomic E-state index is 13.2. The standard InChI is InChI=1S/C21H22Cl2N2O2/c22-17-8-7-15(18(23)12-17)13-24-9-3-4-16(14-24)21(26)25-10-11-27-20-6-2-1-5-19(20)25/h1-2,5-8,12,16H,3-4,9-11,13-14H2/t16-/m1/s1. The molecule has 2 aliphatic heterocycles. The van der Waals surface area contributed by atoms with Crippen LogP contribution in [0.25, 0.3) is 0 Å². The minimum absolute atomic E-state index is 0.00372. The Labute approximate surface area is 169 Å². The lowest BCUT2D eigenvalue weighted by Crippen LogP contribution is -2.47. The van der Waals surface area contributed by atoms with Crippen molar-refractivity contribution in [2.45, 2.75) is 19.4 Å². The van der Waals surface area contributed by atoms with Gasteiger partial charge in [0.2, 0.25) is 5.91 Å². The Balaban J connectivity index is 1.46. The lowest BCUT2D eigenvalue weighted by atomic mass is 9.95.